The molecule has 132 valence electrons. The van der Waals surface area contributed by atoms with Crippen molar-refractivity contribution in [2.24, 2.45) is 5.73 Å². The zero-order valence-corrected chi connectivity index (χ0v) is 15.2. The fourth-order valence-electron chi connectivity index (χ4n) is 2.53. The second-order valence-electron chi connectivity index (χ2n) is 5.74. The number of carbonyl (C=O) groups excluding carboxylic acids is 1. The molecule has 0 aliphatic carbocycles. The standard InChI is InChI=1S/C16H26N4O.2ClH/c1-14(11-17)18-16(21)13-20-9-7-19(8-10-20)12-15-5-3-2-4-6-15;;/h2-6,14H,7-13,17H2,1H3,(H,18,21);2*1H/t14-;;/m0../s1. The number of carbonyl (C=O) groups is 1. The zero-order valence-electron chi connectivity index (χ0n) is 13.6. The molecule has 7 heteroatoms. The van der Waals surface area contributed by atoms with Crippen LogP contribution in [0.2, 0.25) is 0 Å². The number of nitrogens with two attached hydrogens (primary N) is 1. The Bertz CT molecular complexity index is 439. The van der Waals surface area contributed by atoms with Crippen LogP contribution in [0.5, 0.6) is 0 Å². The number of piperazine rings is 1. The summed E-state index contributed by atoms with van der Waals surface area (Å²) in [6, 6.07) is 10.6. The van der Waals surface area contributed by atoms with Gasteiger partial charge in [0.25, 0.3) is 0 Å². The van der Waals surface area contributed by atoms with Crippen LogP contribution in [0.4, 0.5) is 0 Å². The molecule has 1 amide bonds. The van der Waals surface area contributed by atoms with Gasteiger partial charge in [0, 0.05) is 45.3 Å². The molecule has 2 rings (SSSR count). The van der Waals surface area contributed by atoms with Crippen LogP contribution < -0.4 is 11.1 Å². The number of nitrogens with one attached hydrogen (secondary N) is 1. The lowest BCUT2D eigenvalue weighted by molar-refractivity contribution is -0.123. The number of nitrogens with zero attached hydrogens (tertiary/aromatic N) is 2. The Kier molecular flexibility index (Phi) is 11.2. The van der Waals surface area contributed by atoms with Crippen LogP contribution in [0, 0.1) is 0 Å². The summed E-state index contributed by atoms with van der Waals surface area (Å²) in [6.07, 6.45) is 0. The Labute approximate surface area is 151 Å². The molecule has 0 unspecified atom stereocenters. The van der Waals surface area contributed by atoms with Gasteiger partial charge < -0.3 is 11.1 Å². The first-order valence-electron chi connectivity index (χ1n) is 7.65. The van der Waals surface area contributed by atoms with Crippen LogP contribution in [-0.2, 0) is 11.3 Å². The van der Waals surface area contributed by atoms with Crippen LogP contribution in [0.25, 0.3) is 0 Å². The van der Waals surface area contributed by atoms with E-state index in [0.717, 1.165) is 32.7 Å². The fourth-order valence-corrected chi connectivity index (χ4v) is 2.53. The predicted molar refractivity (Wildman–Crippen MR) is 99.3 cm³/mol. The highest BCUT2D eigenvalue weighted by Crippen LogP contribution is 2.08. The van der Waals surface area contributed by atoms with Crippen molar-refractivity contribution >= 4 is 30.7 Å². The molecule has 0 aromatic heterocycles. The maximum absolute atomic E-state index is 11.8. The second-order valence-corrected chi connectivity index (χ2v) is 5.74. The van der Waals surface area contributed by atoms with E-state index in [9.17, 15) is 4.79 Å². The molecule has 0 spiro atoms. The summed E-state index contributed by atoms with van der Waals surface area (Å²) in [7, 11) is 0. The SMILES string of the molecule is C[C@@H](CN)NC(=O)CN1CCN(Cc2ccccc2)CC1.Cl.Cl. The summed E-state index contributed by atoms with van der Waals surface area (Å²) in [5.74, 6) is 0.0736. The molecule has 23 heavy (non-hydrogen) atoms. The maximum atomic E-state index is 11.8. The van der Waals surface area contributed by atoms with Crippen molar-refractivity contribution in [3.63, 3.8) is 0 Å². The lowest BCUT2D eigenvalue weighted by atomic mass is 10.2. The molecular formula is C16H28Cl2N4O. The minimum atomic E-state index is 0. The van der Waals surface area contributed by atoms with Crippen molar-refractivity contribution in [2.75, 3.05) is 39.3 Å². The highest BCUT2D eigenvalue weighted by molar-refractivity contribution is 5.85. The summed E-state index contributed by atoms with van der Waals surface area (Å²) in [4.78, 5) is 16.5. The van der Waals surface area contributed by atoms with Crippen LogP contribution in [0.15, 0.2) is 30.3 Å². The van der Waals surface area contributed by atoms with Gasteiger partial charge in [-0.25, -0.2) is 0 Å². The zero-order chi connectivity index (χ0) is 15.1. The van der Waals surface area contributed by atoms with Crippen molar-refractivity contribution in [1.29, 1.82) is 0 Å². The van der Waals surface area contributed by atoms with Gasteiger partial charge in [-0.2, -0.15) is 0 Å². The van der Waals surface area contributed by atoms with Gasteiger partial charge in [-0.05, 0) is 12.5 Å². The van der Waals surface area contributed by atoms with Crippen molar-refractivity contribution in [3.8, 4) is 0 Å². The highest BCUT2D eigenvalue weighted by Gasteiger charge is 2.19. The summed E-state index contributed by atoms with van der Waals surface area (Å²) in [5, 5.41) is 2.91. The van der Waals surface area contributed by atoms with E-state index in [1.54, 1.807) is 0 Å². The highest BCUT2D eigenvalue weighted by atomic mass is 35.5. The summed E-state index contributed by atoms with van der Waals surface area (Å²) in [5.41, 5.74) is 6.86. The lowest BCUT2D eigenvalue weighted by Gasteiger charge is -2.34. The third kappa shape index (κ3) is 7.99. The lowest BCUT2D eigenvalue weighted by Crippen LogP contribution is -2.50. The number of rotatable bonds is 6. The monoisotopic (exact) mass is 362 g/mol. The molecule has 3 N–H and O–H groups in total. The average molecular weight is 363 g/mol. The summed E-state index contributed by atoms with van der Waals surface area (Å²) in [6.45, 7) is 7.78. The predicted octanol–water partition coefficient (Wildman–Crippen LogP) is 1.11. The van der Waals surface area contributed by atoms with Crippen LogP contribution in [0.3, 0.4) is 0 Å². The molecule has 1 heterocycles. The first kappa shape index (κ1) is 22.1. The van der Waals surface area contributed by atoms with E-state index < -0.39 is 0 Å². The quantitative estimate of drug-likeness (QED) is 0.795. The average Bonchev–Trinajstić information content (AvgIpc) is 2.50. The van der Waals surface area contributed by atoms with Gasteiger partial charge in [-0.15, -0.1) is 24.8 Å². The molecule has 1 aliphatic heterocycles. The Hall–Kier alpha value is -0.850. The smallest absolute Gasteiger partial charge is 0.234 e. The Morgan fingerprint density at radius 1 is 1.13 bits per heavy atom. The van der Waals surface area contributed by atoms with Crippen LogP contribution in [0.1, 0.15) is 12.5 Å². The summed E-state index contributed by atoms with van der Waals surface area (Å²) < 4.78 is 0. The number of hydrogen-bond acceptors (Lipinski definition) is 4. The Morgan fingerprint density at radius 2 is 1.70 bits per heavy atom. The Balaban J connectivity index is 0.00000242. The molecule has 0 bridgehead atoms. The molecule has 1 saturated heterocycles. The van der Waals surface area contributed by atoms with Crippen molar-refractivity contribution < 1.29 is 4.79 Å². The van der Waals surface area contributed by atoms with Gasteiger partial charge in [0.05, 0.1) is 6.54 Å². The van der Waals surface area contributed by atoms with Crippen molar-refractivity contribution in [3.05, 3.63) is 35.9 Å². The van der Waals surface area contributed by atoms with E-state index >= 15 is 0 Å². The van der Waals surface area contributed by atoms with E-state index in [2.05, 4.69) is 39.4 Å². The summed E-state index contributed by atoms with van der Waals surface area (Å²) >= 11 is 0. The molecule has 1 aromatic rings. The second kappa shape index (κ2) is 11.6. The van der Waals surface area contributed by atoms with Crippen molar-refractivity contribution in [1.82, 2.24) is 15.1 Å². The minimum absolute atomic E-state index is 0. The number of amides is 1. The molecule has 1 fully saturated rings. The van der Waals surface area contributed by atoms with Gasteiger partial charge in [-0.3, -0.25) is 14.6 Å². The maximum Gasteiger partial charge on any atom is 0.234 e. The van der Waals surface area contributed by atoms with Gasteiger partial charge in [-0.1, -0.05) is 30.3 Å². The molecule has 0 saturated carbocycles. The van der Waals surface area contributed by atoms with Gasteiger partial charge in [0.2, 0.25) is 5.91 Å². The molecule has 1 atom stereocenters. The van der Waals surface area contributed by atoms with E-state index in [4.69, 9.17) is 5.73 Å². The van der Waals surface area contributed by atoms with E-state index in [0.29, 0.717) is 13.1 Å². The van der Waals surface area contributed by atoms with Gasteiger partial charge in [0.15, 0.2) is 0 Å². The minimum Gasteiger partial charge on any atom is -0.351 e. The van der Waals surface area contributed by atoms with Crippen molar-refractivity contribution in [2.45, 2.75) is 19.5 Å². The van der Waals surface area contributed by atoms with E-state index in [1.807, 2.05) is 13.0 Å². The van der Waals surface area contributed by atoms with Gasteiger partial charge in [0.1, 0.15) is 0 Å². The molecule has 0 radical (unpaired) electrons. The molecule has 1 aromatic carbocycles. The molecule has 5 nitrogen and oxygen atoms in total. The van der Waals surface area contributed by atoms with E-state index in [-0.39, 0.29) is 36.8 Å². The van der Waals surface area contributed by atoms with E-state index in [1.165, 1.54) is 5.56 Å². The normalized spacial score (nSPS) is 16.8. The largest absolute Gasteiger partial charge is 0.351 e. The third-order valence-corrected chi connectivity index (χ3v) is 3.84. The molecule has 1 aliphatic rings. The topological polar surface area (TPSA) is 61.6 Å². The number of benzene rings is 1. The molecular weight excluding hydrogens is 335 g/mol. The Morgan fingerprint density at radius 3 is 2.26 bits per heavy atom. The van der Waals surface area contributed by atoms with Crippen LogP contribution in [-0.4, -0.2) is 61.0 Å². The van der Waals surface area contributed by atoms with Gasteiger partial charge >= 0.3 is 0 Å². The number of halogens is 2. The van der Waals surface area contributed by atoms with Crippen LogP contribution >= 0.6 is 24.8 Å². The first-order chi connectivity index (χ1) is 10.2. The number of hydrogen-bond donors (Lipinski definition) is 2. The third-order valence-electron chi connectivity index (χ3n) is 3.84. The first-order valence-corrected chi connectivity index (χ1v) is 7.65. The fraction of sp³-hybridized carbons (Fsp3) is 0.562.